The van der Waals surface area contributed by atoms with Gasteiger partial charge in [-0.15, -0.1) is 0 Å². The molecule has 2 aromatic carbocycles. The Morgan fingerprint density at radius 3 is 2.40 bits per heavy atom. The molecule has 0 aliphatic rings. The van der Waals surface area contributed by atoms with E-state index in [1.54, 1.807) is 18.2 Å². The van der Waals surface area contributed by atoms with E-state index in [0.29, 0.717) is 35.0 Å². The fraction of sp³-hybridized carbons (Fsp3) is 0.381. The van der Waals surface area contributed by atoms with Crippen molar-refractivity contribution in [2.45, 2.75) is 40.2 Å². The van der Waals surface area contributed by atoms with Gasteiger partial charge in [-0.25, -0.2) is 8.78 Å². The van der Waals surface area contributed by atoms with E-state index >= 15 is 0 Å². The lowest BCUT2D eigenvalue weighted by molar-refractivity contribution is 0.109. The lowest BCUT2D eigenvalue weighted by Gasteiger charge is -2.26. The third-order valence-electron chi connectivity index (χ3n) is 4.97. The molecule has 2 rings (SSSR count). The Morgan fingerprint density at radius 1 is 1.08 bits per heavy atom. The first-order valence-electron chi connectivity index (χ1n) is 8.58. The monoisotopic (exact) mass is 346 g/mol. The van der Waals surface area contributed by atoms with Gasteiger partial charge in [-0.2, -0.15) is 0 Å². The lowest BCUT2D eigenvalue weighted by atomic mass is 9.89. The summed E-state index contributed by atoms with van der Waals surface area (Å²) in [6.07, 6.45) is 1.70. The molecule has 25 heavy (non-hydrogen) atoms. The van der Waals surface area contributed by atoms with Crippen LogP contribution < -0.4 is 4.74 Å². The van der Waals surface area contributed by atoms with E-state index in [0.717, 1.165) is 12.5 Å². The summed E-state index contributed by atoms with van der Waals surface area (Å²) in [4.78, 5) is 11.5. The van der Waals surface area contributed by atoms with E-state index in [4.69, 9.17) is 4.74 Å². The zero-order chi connectivity index (χ0) is 18.6. The standard InChI is InChI=1S/C21H24F2O2/c1-5-13(2)14(3)15(4)25-21-9-6-16(10-17(21)12-24)19-8-7-18(22)11-20(19)23/h6-15H,5H2,1-4H3. The first kappa shape index (κ1) is 19.1. The highest BCUT2D eigenvalue weighted by atomic mass is 19.1. The van der Waals surface area contributed by atoms with E-state index in [2.05, 4.69) is 20.8 Å². The molecule has 0 aliphatic carbocycles. The predicted octanol–water partition coefficient (Wildman–Crippen LogP) is 5.89. The van der Waals surface area contributed by atoms with E-state index in [9.17, 15) is 13.6 Å². The average Bonchev–Trinajstić information content (AvgIpc) is 2.60. The number of aldehydes is 1. The zero-order valence-electron chi connectivity index (χ0n) is 15.1. The van der Waals surface area contributed by atoms with Gasteiger partial charge in [0.1, 0.15) is 17.4 Å². The number of halogens is 2. The van der Waals surface area contributed by atoms with Crippen LogP contribution in [0.1, 0.15) is 44.5 Å². The van der Waals surface area contributed by atoms with Crippen LogP contribution in [-0.4, -0.2) is 12.4 Å². The van der Waals surface area contributed by atoms with Crippen LogP contribution in [-0.2, 0) is 0 Å². The molecule has 0 fully saturated rings. The predicted molar refractivity (Wildman–Crippen MR) is 95.9 cm³/mol. The highest BCUT2D eigenvalue weighted by Gasteiger charge is 2.20. The molecule has 0 aromatic heterocycles. The Labute approximate surface area is 147 Å². The smallest absolute Gasteiger partial charge is 0.153 e. The Balaban J connectivity index is 2.29. The number of ether oxygens (including phenoxy) is 1. The molecule has 0 amide bonds. The highest BCUT2D eigenvalue weighted by Crippen LogP contribution is 2.30. The van der Waals surface area contributed by atoms with Crippen LogP contribution in [0.2, 0.25) is 0 Å². The second kappa shape index (κ2) is 8.24. The molecule has 0 aliphatic heterocycles. The number of hydrogen-bond donors (Lipinski definition) is 0. The minimum Gasteiger partial charge on any atom is -0.490 e. The van der Waals surface area contributed by atoms with Gasteiger partial charge >= 0.3 is 0 Å². The Hall–Kier alpha value is -2.23. The number of benzene rings is 2. The van der Waals surface area contributed by atoms with Gasteiger partial charge in [-0.1, -0.05) is 33.3 Å². The maximum Gasteiger partial charge on any atom is 0.153 e. The van der Waals surface area contributed by atoms with E-state index < -0.39 is 11.6 Å². The molecule has 3 unspecified atom stereocenters. The summed E-state index contributed by atoms with van der Waals surface area (Å²) in [6.45, 7) is 8.42. The van der Waals surface area contributed by atoms with Crippen molar-refractivity contribution in [3.63, 3.8) is 0 Å². The Morgan fingerprint density at radius 2 is 1.80 bits per heavy atom. The fourth-order valence-electron chi connectivity index (χ4n) is 2.78. The maximum absolute atomic E-state index is 14.0. The molecule has 0 N–H and O–H groups in total. The summed E-state index contributed by atoms with van der Waals surface area (Å²) in [5, 5.41) is 0. The molecular formula is C21H24F2O2. The van der Waals surface area contributed by atoms with E-state index in [1.807, 2.05) is 6.92 Å². The summed E-state index contributed by atoms with van der Waals surface area (Å²) in [6, 6.07) is 8.30. The molecule has 0 saturated heterocycles. The van der Waals surface area contributed by atoms with Gasteiger partial charge in [0, 0.05) is 11.6 Å². The van der Waals surface area contributed by atoms with E-state index in [-0.39, 0.29) is 11.7 Å². The van der Waals surface area contributed by atoms with Crippen molar-refractivity contribution in [3.05, 3.63) is 53.6 Å². The second-order valence-corrected chi connectivity index (χ2v) is 6.56. The summed E-state index contributed by atoms with van der Waals surface area (Å²) in [5.41, 5.74) is 1.11. The molecule has 0 spiro atoms. The summed E-state index contributed by atoms with van der Waals surface area (Å²) in [5.74, 6) is 0.0128. The Kier molecular flexibility index (Phi) is 6.29. The molecule has 134 valence electrons. The van der Waals surface area contributed by atoms with Gasteiger partial charge in [0.2, 0.25) is 0 Å². The molecular weight excluding hydrogens is 322 g/mol. The highest BCUT2D eigenvalue weighted by molar-refractivity contribution is 5.83. The largest absolute Gasteiger partial charge is 0.490 e. The maximum atomic E-state index is 14.0. The average molecular weight is 346 g/mol. The lowest BCUT2D eigenvalue weighted by Crippen LogP contribution is -2.26. The molecule has 4 heteroatoms. The topological polar surface area (TPSA) is 26.3 Å². The molecule has 3 atom stereocenters. The van der Waals surface area contributed by atoms with Crippen LogP contribution in [0.4, 0.5) is 8.78 Å². The van der Waals surface area contributed by atoms with Crippen molar-refractivity contribution >= 4 is 6.29 Å². The number of carbonyl (C=O) groups excluding carboxylic acids is 1. The SMILES string of the molecule is CCC(C)C(C)C(C)Oc1ccc(-c2ccc(F)cc2F)cc1C=O. The van der Waals surface area contributed by atoms with Crippen LogP contribution in [0.5, 0.6) is 5.75 Å². The van der Waals surface area contributed by atoms with Crippen molar-refractivity contribution in [1.29, 1.82) is 0 Å². The third-order valence-corrected chi connectivity index (χ3v) is 4.97. The van der Waals surface area contributed by atoms with Crippen LogP contribution in [0.25, 0.3) is 11.1 Å². The quantitative estimate of drug-likeness (QED) is 0.584. The van der Waals surface area contributed by atoms with Gasteiger partial charge in [0.05, 0.1) is 11.7 Å². The minimum absolute atomic E-state index is 0.0537. The molecule has 2 aromatic rings. The summed E-state index contributed by atoms with van der Waals surface area (Å²) >= 11 is 0. The van der Waals surface area contributed by atoms with Crippen molar-refractivity contribution < 1.29 is 18.3 Å². The first-order valence-corrected chi connectivity index (χ1v) is 8.58. The third kappa shape index (κ3) is 4.44. The van der Waals surface area contributed by atoms with Crippen LogP contribution in [0.15, 0.2) is 36.4 Å². The van der Waals surface area contributed by atoms with Crippen molar-refractivity contribution in [1.82, 2.24) is 0 Å². The molecule has 0 heterocycles. The normalized spacial score (nSPS) is 14.6. The Bertz CT molecular complexity index is 743. The molecule has 0 bridgehead atoms. The fourth-order valence-corrected chi connectivity index (χ4v) is 2.78. The minimum atomic E-state index is -0.663. The van der Waals surface area contributed by atoms with Crippen molar-refractivity contribution in [2.75, 3.05) is 0 Å². The van der Waals surface area contributed by atoms with Gasteiger partial charge in [-0.05, 0) is 48.6 Å². The first-order chi connectivity index (χ1) is 11.9. The van der Waals surface area contributed by atoms with Gasteiger partial charge in [-0.3, -0.25) is 4.79 Å². The number of hydrogen-bond acceptors (Lipinski definition) is 2. The van der Waals surface area contributed by atoms with Crippen LogP contribution >= 0.6 is 0 Å². The van der Waals surface area contributed by atoms with Gasteiger partial charge in [0.25, 0.3) is 0 Å². The molecule has 2 nitrogen and oxygen atoms in total. The molecule has 0 radical (unpaired) electrons. The number of rotatable bonds is 7. The van der Waals surface area contributed by atoms with Crippen molar-refractivity contribution in [2.24, 2.45) is 11.8 Å². The number of carbonyl (C=O) groups is 1. The van der Waals surface area contributed by atoms with Crippen molar-refractivity contribution in [3.8, 4) is 16.9 Å². The van der Waals surface area contributed by atoms with Crippen LogP contribution in [0.3, 0.4) is 0 Å². The van der Waals surface area contributed by atoms with Gasteiger partial charge in [0.15, 0.2) is 6.29 Å². The summed E-state index contributed by atoms with van der Waals surface area (Å²) < 4.78 is 33.0. The van der Waals surface area contributed by atoms with Crippen LogP contribution in [0, 0.1) is 23.5 Å². The van der Waals surface area contributed by atoms with Gasteiger partial charge < -0.3 is 4.74 Å². The van der Waals surface area contributed by atoms with E-state index in [1.165, 1.54) is 12.1 Å². The second-order valence-electron chi connectivity index (χ2n) is 6.56. The zero-order valence-corrected chi connectivity index (χ0v) is 15.1. The summed E-state index contributed by atoms with van der Waals surface area (Å²) in [7, 11) is 0. The molecule has 0 saturated carbocycles.